The monoisotopic (exact) mass is 484 g/mol. The summed E-state index contributed by atoms with van der Waals surface area (Å²) in [6, 6.07) is 0. The predicted octanol–water partition coefficient (Wildman–Crippen LogP) is 5.96. The van der Waals surface area contributed by atoms with Crippen LogP contribution in [0.4, 0.5) is 0 Å². The number of carboxylic acid groups (broad SMARTS) is 1. The van der Waals surface area contributed by atoms with Crippen LogP contribution in [-0.4, -0.2) is 40.8 Å². The number of fused-ring (bicyclic) bond motifs is 2. The minimum Gasteiger partial charge on any atom is -0.481 e. The largest absolute Gasteiger partial charge is 0.481 e. The molecule has 35 heavy (non-hydrogen) atoms. The van der Waals surface area contributed by atoms with Crippen LogP contribution in [0.2, 0.25) is 0 Å². The summed E-state index contributed by atoms with van der Waals surface area (Å²) >= 11 is 0. The summed E-state index contributed by atoms with van der Waals surface area (Å²) in [7, 11) is 0. The molecule has 5 heteroatoms. The Hall–Kier alpha value is -0.910. The molecule has 1 N–H and O–H groups in total. The van der Waals surface area contributed by atoms with Gasteiger partial charge >= 0.3 is 5.97 Å². The quantitative estimate of drug-likeness (QED) is 0.372. The summed E-state index contributed by atoms with van der Waals surface area (Å²) < 4.78 is 20.5. The van der Waals surface area contributed by atoms with Crippen LogP contribution >= 0.6 is 0 Å². The first-order valence-electron chi connectivity index (χ1n) is 14.4. The number of allylic oxidation sites excluding steroid dienone is 1. The minimum absolute atomic E-state index is 0.0204. The van der Waals surface area contributed by atoms with Gasteiger partial charge < -0.3 is 19.3 Å². The molecule has 0 aromatic rings. The van der Waals surface area contributed by atoms with E-state index in [-0.39, 0.29) is 34.4 Å². The van der Waals surface area contributed by atoms with Crippen LogP contribution < -0.4 is 0 Å². The SMILES string of the molecule is C=C(CCC1(C)OC2OC3CC1C21CCC2C4(C)CCC(CC(=O)O)CC4CC4OC42C31)C(C)C. The van der Waals surface area contributed by atoms with Gasteiger partial charge in [0.15, 0.2) is 6.29 Å². The number of aliphatic carboxylic acids is 1. The number of rotatable bonds is 6. The fourth-order valence-electron chi connectivity index (χ4n) is 11.0. The standard InChI is InChI=1S/C30H44O5/c1-16(2)17(3)6-10-28(5)22-15-20-25-29(22,26(33-20)35-28)11-8-21-27(4)9-7-18(13-24(31)32)12-19(27)14-23-30(21,25)34-23/h16,18-23,25-26H,3,6-15H2,1-2,4-5H3,(H,31,32). The van der Waals surface area contributed by atoms with E-state index >= 15 is 0 Å². The van der Waals surface area contributed by atoms with Crippen molar-refractivity contribution < 1.29 is 24.1 Å². The van der Waals surface area contributed by atoms with Crippen LogP contribution in [0.5, 0.6) is 0 Å². The second-order valence-corrected chi connectivity index (χ2v) is 14.4. The summed E-state index contributed by atoms with van der Waals surface area (Å²) in [5.41, 5.74) is 1.57. The van der Waals surface area contributed by atoms with Crippen LogP contribution in [0, 0.1) is 46.3 Å². The Labute approximate surface area is 210 Å². The highest BCUT2D eigenvalue weighted by molar-refractivity contribution is 5.67. The van der Waals surface area contributed by atoms with E-state index in [2.05, 4.69) is 34.3 Å². The summed E-state index contributed by atoms with van der Waals surface area (Å²) in [5, 5.41) is 9.38. The van der Waals surface area contributed by atoms with Crippen molar-refractivity contribution in [1.29, 1.82) is 0 Å². The van der Waals surface area contributed by atoms with Crippen LogP contribution in [0.25, 0.3) is 0 Å². The molecule has 7 aliphatic rings. The molecular formula is C30H44O5. The maximum absolute atomic E-state index is 11.4. The second-order valence-electron chi connectivity index (χ2n) is 14.4. The molecule has 0 aromatic heterocycles. The van der Waals surface area contributed by atoms with Gasteiger partial charge in [0.05, 0.1) is 17.8 Å². The number of epoxide rings is 1. The molecule has 12 atom stereocenters. The normalized spacial score (nSPS) is 56.8. The van der Waals surface area contributed by atoms with E-state index in [0.717, 1.165) is 44.9 Å². The lowest BCUT2D eigenvalue weighted by Gasteiger charge is -2.58. The third kappa shape index (κ3) is 2.79. The maximum Gasteiger partial charge on any atom is 0.303 e. The van der Waals surface area contributed by atoms with Gasteiger partial charge in [-0.1, -0.05) is 32.9 Å². The molecule has 7 fully saturated rings. The van der Waals surface area contributed by atoms with Gasteiger partial charge in [-0.2, -0.15) is 0 Å². The summed E-state index contributed by atoms with van der Waals surface area (Å²) in [6.07, 6.45) is 10.9. The fraction of sp³-hybridized carbons (Fsp3) is 0.900. The van der Waals surface area contributed by atoms with Crippen molar-refractivity contribution >= 4 is 5.97 Å². The van der Waals surface area contributed by atoms with Crippen molar-refractivity contribution in [3.05, 3.63) is 12.2 Å². The average molecular weight is 485 g/mol. The Bertz CT molecular complexity index is 960. The highest BCUT2D eigenvalue weighted by Gasteiger charge is 2.87. The first-order valence-corrected chi connectivity index (χ1v) is 14.4. The van der Waals surface area contributed by atoms with Gasteiger partial charge in [-0.05, 0) is 93.8 Å². The summed E-state index contributed by atoms with van der Waals surface area (Å²) in [5.74, 6) is 2.42. The van der Waals surface area contributed by atoms with Gasteiger partial charge in [-0.3, -0.25) is 4.79 Å². The number of hydrogen-bond donors (Lipinski definition) is 1. The highest BCUT2D eigenvalue weighted by atomic mass is 16.7. The molecule has 0 amide bonds. The lowest BCUT2D eigenvalue weighted by Crippen LogP contribution is -2.60. The van der Waals surface area contributed by atoms with Gasteiger partial charge in [0.25, 0.3) is 0 Å². The maximum atomic E-state index is 11.4. The summed E-state index contributed by atoms with van der Waals surface area (Å²) in [6.45, 7) is 13.7. The number of ether oxygens (including phenoxy) is 3. The van der Waals surface area contributed by atoms with E-state index in [4.69, 9.17) is 14.2 Å². The van der Waals surface area contributed by atoms with Crippen LogP contribution in [-0.2, 0) is 19.0 Å². The van der Waals surface area contributed by atoms with Crippen molar-refractivity contribution in [3.8, 4) is 0 Å². The number of hydrogen-bond acceptors (Lipinski definition) is 4. The zero-order valence-corrected chi connectivity index (χ0v) is 22.1. The molecule has 3 aliphatic heterocycles. The lowest BCUT2D eigenvalue weighted by molar-refractivity contribution is -0.175. The van der Waals surface area contributed by atoms with E-state index < -0.39 is 5.97 Å². The molecule has 194 valence electrons. The predicted molar refractivity (Wildman–Crippen MR) is 132 cm³/mol. The van der Waals surface area contributed by atoms with Gasteiger partial charge in [-0.25, -0.2) is 0 Å². The topological polar surface area (TPSA) is 68.3 Å². The first kappa shape index (κ1) is 23.2. The molecule has 7 rings (SSSR count). The Kier molecular flexibility index (Phi) is 4.74. The minimum atomic E-state index is -0.638. The molecule has 5 nitrogen and oxygen atoms in total. The zero-order valence-electron chi connectivity index (χ0n) is 22.1. The number of carbonyl (C=O) groups is 1. The third-order valence-corrected chi connectivity index (χ3v) is 12.8. The molecule has 2 bridgehead atoms. The second kappa shape index (κ2) is 7.14. The Morgan fingerprint density at radius 2 is 1.89 bits per heavy atom. The Balaban J connectivity index is 1.16. The Morgan fingerprint density at radius 1 is 1.09 bits per heavy atom. The van der Waals surface area contributed by atoms with Crippen molar-refractivity contribution in [2.45, 2.75) is 122 Å². The molecule has 0 radical (unpaired) electrons. The zero-order chi connectivity index (χ0) is 24.5. The van der Waals surface area contributed by atoms with Crippen LogP contribution in [0.3, 0.4) is 0 Å². The van der Waals surface area contributed by atoms with Crippen molar-refractivity contribution in [2.75, 3.05) is 0 Å². The molecule has 4 aliphatic carbocycles. The first-order chi connectivity index (χ1) is 16.5. The Morgan fingerprint density at radius 3 is 2.63 bits per heavy atom. The van der Waals surface area contributed by atoms with Crippen LogP contribution in [0.15, 0.2) is 12.2 Å². The molecule has 3 saturated heterocycles. The van der Waals surface area contributed by atoms with Gasteiger partial charge in [0, 0.05) is 23.7 Å². The number of carboxylic acids is 1. The molecule has 4 saturated carbocycles. The van der Waals surface area contributed by atoms with Gasteiger partial charge in [0.2, 0.25) is 0 Å². The van der Waals surface area contributed by atoms with Crippen molar-refractivity contribution in [2.24, 2.45) is 46.3 Å². The van der Waals surface area contributed by atoms with Gasteiger partial charge in [-0.15, -0.1) is 0 Å². The van der Waals surface area contributed by atoms with Gasteiger partial charge in [0.1, 0.15) is 5.60 Å². The van der Waals surface area contributed by atoms with E-state index in [1.807, 2.05) is 0 Å². The fourth-order valence-corrected chi connectivity index (χ4v) is 11.0. The smallest absolute Gasteiger partial charge is 0.303 e. The average Bonchev–Trinajstić information content (AvgIpc) is 3.20. The van der Waals surface area contributed by atoms with Crippen molar-refractivity contribution in [1.82, 2.24) is 0 Å². The molecule has 12 unspecified atom stereocenters. The van der Waals surface area contributed by atoms with E-state index in [0.29, 0.717) is 48.0 Å². The molecule has 2 spiro atoms. The lowest BCUT2D eigenvalue weighted by atomic mass is 9.43. The van der Waals surface area contributed by atoms with Crippen LogP contribution in [0.1, 0.15) is 91.9 Å². The highest BCUT2D eigenvalue weighted by Crippen LogP contribution is 2.81. The van der Waals surface area contributed by atoms with E-state index in [1.54, 1.807) is 0 Å². The molecular weight excluding hydrogens is 440 g/mol. The molecule has 3 heterocycles. The molecule has 0 aromatic carbocycles. The summed E-state index contributed by atoms with van der Waals surface area (Å²) in [4.78, 5) is 11.4. The van der Waals surface area contributed by atoms with Crippen molar-refractivity contribution in [3.63, 3.8) is 0 Å². The van der Waals surface area contributed by atoms with E-state index in [1.165, 1.54) is 18.4 Å². The third-order valence-electron chi connectivity index (χ3n) is 12.8. The van der Waals surface area contributed by atoms with E-state index in [9.17, 15) is 9.90 Å².